The SMILES string of the molecule is NNc1cc(C(=O)NC2CC3CCC2C3)ccc1[N+](=O)[O-]. The maximum absolute atomic E-state index is 12.3. The molecule has 2 bridgehead atoms. The van der Waals surface area contributed by atoms with Crippen LogP contribution in [0, 0.1) is 22.0 Å². The van der Waals surface area contributed by atoms with Gasteiger partial charge < -0.3 is 10.7 Å². The second-order valence-corrected chi connectivity index (χ2v) is 5.89. The van der Waals surface area contributed by atoms with Crippen LogP contribution in [0.5, 0.6) is 0 Å². The smallest absolute Gasteiger partial charge is 0.293 e. The van der Waals surface area contributed by atoms with Gasteiger partial charge in [-0.1, -0.05) is 6.42 Å². The van der Waals surface area contributed by atoms with Gasteiger partial charge in [-0.2, -0.15) is 0 Å². The molecule has 112 valence electrons. The van der Waals surface area contributed by atoms with Crippen LogP contribution in [0.2, 0.25) is 0 Å². The molecule has 0 saturated heterocycles. The summed E-state index contributed by atoms with van der Waals surface area (Å²) in [6, 6.07) is 4.41. The lowest BCUT2D eigenvalue weighted by atomic mass is 9.95. The first-order chi connectivity index (χ1) is 10.1. The number of nitrogens with zero attached hydrogens (tertiary/aromatic N) is 1. The lowest BCUT2D eigenvalue weighted by Gasteiger charge is -2.23. The van der Waals surface area contributed by atoms with Crippen LogP contribution in [-0.2, 0) is 0 Å². The monoisotopic (exact) mass is 290 g/mol. The Kier molecular flexibility index (Phi) is 3.50. The van der Waals surface area contributed by atoms with Gasteiger partial charge >= 0.3 is 0 Å². The molecule has 7 nitrogen and oxygen atoms in total. The Morgan fingerprint density at radius 1 is 1.33 bits per heavy atom. The first kappa shape index (κ1) is 13.8. The molecule has 0 heterocycles. The van der Waals surface area contributed by atoms with Gasteiger partial charge in [0.2, 0.25) is 0 Å². The molecule has 0 spiro atoms. The van der Waals surface area contributed by atoms with Gasteiger partial charge in [-0.15, -0.1) is 0 Å². The fourth-order valence-electron chi connectivity index (χ4n) is 3.63. The summed E-state index contributed by atoms with van der Waals surface area (Å²) in [5.74, 6) is 6.42. The van der Waals surface area contributed by atoms with E-state index < -0.39 is 4.92 Å². The van der Waals surface area contributed by atoms with Crippen LogP contribution in [-0.4, -0.2) is 16.9 Å². The summed E-state index contributed by atoms with van der Waals surface area (Å²) in [7, 11) is 0. The number of anilines is 1. The number of carbonyl (C=O) groups excluding carboxylic acids is 1. The second kappa shape index (κ2) is 5.33. The molecule has 2 aliphatic carbocycles. The molecule has 2 fully saturated rings. The Balaban J connectivity index is 1.74. The van der Waals surface area contributed by atoms with E-state index in [9.17, 15) is 14.9 Å². The molecule has 0 aromatic heterocycles. The number of fused-ring (bicyclic) bond motifs is 2. The van der Waals surface area contributed by atoms with Crippen molar-refractivity contribution in [3.05, 3.63) is 33.9 Å². The highest BCUT2D eigenvalue weighted by molar-refractivity contribution is 5.96. The topological polar surface area (TPSA) is 110 Å². The summed E-state index contributed by atoms with van der Waals surface area (Å²) in [6.07, 6.45) is 4.72. The Bertz CT molecular complexity index is 590. The number of amides is 1. The van der Waals surface area contributed by atoms with Crippen LogP contribution in [0.25, 0.3) is 0 Å². The minimum Gasteiger partial charge on any atom is -0.349 e. The molecule has 3 unspecified atom stereocenters. The standard InChI is InChI=1S/C14H18N4O3/c15-17-12-7-10(3-4-13(12)18(20)21)14(19)16-11-6-8-1-2-9(11)5-8/h3-4,7-9,11,17H,1-2,5-6,15H2,(H,16,19). The third-order valence-corrected chi connectivity index (χ3v) is 4.67. The zero-order valence-corrected chi connectivity index (χ0v) is 11.5. The molecule has 4 N–H and O–H groups in total. The van der Waals surface area contributed by atoms with E-state index in [1.54, 1.807) is 0 Å². The van der Waals surface area contributed by atoms with Crippen LogP contribution in [0.3, 0.4) is 0 Å². The summed E-state index contributed by atoms with van der Waals surface area (Å²) in [5, 5.41) is 13.9. The predicted octanol–water partition coefficient (Wildman–Crippen LogP) is 1.80. The molecule has 2 saturated carbocycles. The number of nitrogens with two attached hydrogens (primary N) is 1. The fraction of sp³-hybridized carbons (Fsp3) is 0.500. The molecule has 2 aliphatic rings. The number of hydrogen-bond donors (Lipinski definition) is 3. The number of nitro groups is 1. The van der Waals surface area contributed by atoms with Crippen LogP contribution >= 0.6 is 0 Å². The van der Waals surface area contributed by atoms with Gasteiger partial charge in [0.25, 0.3) is 11.6 Å². The molecule has 21 heavy (non-hydrogen) atoms. The van der Waals surface area contributed by atoms with Gasteiger partial charge in [-0.05, 0) is 43.2 Å². The highest BCUT2D eigenvalue weighted by Gasteiger charge is 2.40. The van der Waals surface area contributed by atoms with E-state index in [1.807, 2.05) is 0 Å². The normalized spacial score (nSPS) is 26.6. The summed E-state index contributed by atoms with van der Waals surface area (Å²) in [4.78, 5) is 22.6. The zero-order valence-electron chi connectivity index (χ0n) is 11.5. The van der Waals surface area contributed by atoms with E-state index in [-0.39, 0.29) is 23.3 Å². The van der Waals surface area contributed by atoms with Gasteiger partial charge in [0.1, 0.15) is 5.69 Å². The van der Waals surface area contributed by atoms with E-state index in [2.05, 4.69) is 10.7 Å². The molecular formula is C14H18N4O3. The van der Waals surface area contributed by atoms with Gasteiger partial charge in [0.05, 0.1) is 4.92 Å². The minimum atomic E-state index is -0.535. The van der Waals surface area contributed by atoms with E-state index in [0.717, 1.165) is 12.3 Å². The maximum Gasteiger partial charge on any atom is 0.293 e. The first-order valence-corrected chi connectivity index (χ1v) is 7.14. The van der Waals surface area contributed by atoms with Gasteiger partial charge in [-0.25, -0.2) is 0 Å². The molecule has 7 heteroatoms. The van der Waals surface area contributed by atoms with Crippen LogP contribution in [0.4, 0.5) is 11.4 Å². The number of benzene rings is 1. The Morgan fingerprint density at radius 3 is 2.71 bits per heavy atom. The third-order valence-electron chi connectivity index (χ3n) is 4.67. The van der Waals surface area contributed by atoms with Crippen LogP contribution < -0.4 is 16.6 Å². The molecule has 0 radical (unpaired) electrons. The number of hydrazine groups is 1. The van der Waals surface area contributed by atoms with Crippen molar-refractivity contribution in [3.8, 4) is 0 Å². The van der Waals surface area contributed by atoms with Crippen molar-refractivity contribution in [2.45, 2.75) is 31.7 Å². The van der Waals surface area contributed by atoms with Crippen LogP contribution in [0.15, 0.2) is 18.2 Å². The Hall–Kier alpha value is -2.15. The summed E-state index contributed by atoms with van der Waals surface area (Å²) in [6.45, 7) is 0. The number of carbonyl (C=O) groups is 1. The molecule has 1 amide bonds. The summed E-state index contributed by atoms with van der Waals surface area (Å²) < 4.78 is 0. The van der Waals surface area contributed by atoms with Gasteiger partial charge in [-0.3, -0.25) is 20.8 Å². The molecular weight excluding hydrogens is 272 g/mol. The Morgan fingerprint density at radius 2 is 2.14 bits per heavy atom. The highest BCUT2D eigenvalue weighted by Crippen LogP contribution is 2.44. The molecule has 0 aliphatic heterocycles. The van der Waals surface area contributed by atoms with Crippen molar-refractivity contribution in [1.82, 2.24) is 5.32 Å². The van der Waals surface area contributed by atoms with Gasteiger partial charge in [0, 0.05) is 17.7 Å². The van der Waals surface area contributed by atoms with E-state index in [0.29, 0.717) is 11.5 Å². The molecule has 1 aromatic carbocycles. The van der Waals surface area contributed by atoms with E-state index in [4.69, 9.17) is 5.84 Å². The summed E-state index contributed by atoms with van der Waals surface area (Å²) >= 11 is 0. The van der Waals surface area contributed by atoms with E-state index >= 15 is 0 Å². The highest BCUT2D eigenvalue weighted by atomic mass is 16.6. The zero-order chi connectivity index (χ0) is 15.0. The molecule has 1 aromatic rings. The lowest BCUT2D eigenvalue weighted by molar-refractivity contribution is -0.384. The average molecular weight is 290 g/mol. The van der Waals surface area contributed by atoms with Crippen molar-refractivity contribution < 1.29 is 9.72 Å². The number of rotatable bonds is 4. The van der Waals surface area contributed by atoms with Crippen molar-refractivity contribution in [2.75, 3.05) is 5.43 Å². The largest absolute Gasteiger partial charge is 0.349 e. The van der Waals surface area contributed by atoms with Crippen molar-refractivity contribution in [2.24, 2.45) is 17.7 Å². The van der Waals surface area contributed by atoms with Crippen molar-refractivity contribution in [1.29, 1.82) is 0 Å². The average Bonchev–Trinajstić information content (AvgIpc) is 3.08. The number of nitro benzene ring substituents is 1. The van der Waals surface area contributed by atoms with E-state index in [1.165, 1.54) is 37.5 Å². The first-order valence-electron chi connectivity index (χ1n) is 7.14. The second-order valence-electron chi connectivity index (χ2n) is 5.89. The Labute approximate surface area is 122 Å². The predicted molar refractivity (Wildman–Crippen MR) is 77.6 cm³/mol. The maximum atomic E-state index is 12.3. The number of hydrogen-bond acceptors (Lipinski definition) is 5. The third kappa shape index (κ3) is 2.56. The fourth-order valence-corrected chi connectivity index (χ4v) is 3.63. The summed E-state index contributed by atoms with van der Waals surface area (Å²) in [5.41, 5.74) is 2.65. The molecule has 3 atom stereocenters. The minimum absolute atomic E-state index is 0.139. The molecule has 3 rings (SSSR count). The lowest BCUT2D eigenvalue weighted by Crippen LogP contribution is -2.38. The number of nitrogens with one attached hydrogen (secondary N) is 2. The number of nitrogen functional groups attached to an aromatic ring is 1. The quantitative estimate of drug-likeness (QED) is 0.445. The van der Waals surface area contributed by atoms with Crippen molar-refractivity contribution >= 4 is 17.3 Å². The van der Waals surface area contributed by atoms with Crippen LogP contribution in [0.1, 0.15) is 36.0 Å². The van der Waals surface area contributed by atoms with Gasteiger partial charge in [0.15, 0.2) is 0 Å². The van der Waals surface area contributed by atoms with Crippen molar-refractivity contribution in [3.63, 3.8) is 0 Å².